The Morgan fingerprint density at radius 2 is 1.84 bits per heavy atom. The third-order valence-electron chi connectivity index (χ3n) is 3.81. The van der Waals surface area contributed by atoms with Crippen LogP contribution in [0, 0.1) is 0 Å². The lowest BCUT2D eigenvalue weighted by molar-refractivity contribution is 0.117. The summed E-state index contributed by atoms with van der Waals surface area (Å²) in [5, 5.41) is 0. The van der Waals surface area contributed by atoms with E-state index in [0.717, 1.165) is 11.6 Å². The van der Waals surface area contributed by atoms with Crippen molar-refractivity contribution in [1.29, 1.82) is 0 Å². The van der Waals surface area contributed by atoms with Gasteiger partial charge in [0.2, 0.25) is 5.95 Å². The van der Waals surface area contributed by atoms with Crippen LogP contribution in [0.4, 0.5) is 5.95 Å². The first-order valence-electron chi connectivity index (χ1n) is 7.22. The topological polar surface area (TPSA) is 73.9 Å². The van der Waals surface area contributed by atoms with Gasteiger partial charge in [-0.05, 0) is 19.8 Å². The summed E-state index contributed by atoms with van der Waals surface area (Å²) < 4.78 is 5.26. The SMILES string of the molecule is COC(C)Cc1nc(N)nc(C2CCCCCC2)n1. The Balaban J connectivity index is 2.15. The Bertz CT molecular complexity index is 402. The Morgan fingerprint density at radius 3 is 2.47 bits per heavy atom. The monoisotopic (exact) mass is 264 g/mol. The molecule has 1 fully saturated rings. The van der Waals surface area contributed by atoms with Gasteiger partial charge in [-0.15, -0.1) is 0 Å². The van der Waals surface area contributed by atoms with Crippen LogP contribution in [0.1, 0.15) is 63.0 Å². The predicted octanol–water partition coefficient (Wildman–Crippen LogP) is 2.47. The summed E-state index contributed by atoms with van der Waals surface area (Å²) in [4.78, 5) is 13.2. The van der Waals surface area contributed by atoms with Gasteiger partial charge >= 0.3 is 0 Å². The van der Waals surface area contributed by atoms with Crippen LogP contribution in [-0.2, 0) is 11.2 Å². The van der Waals surface area contributed by atoms with Gasteiger partial charge in [0.1, 0.15) is 11.6 Å². The number of aromatic nitrogens is 3. The van der Waals surface area contributed by atoms with Gasteiger partial charge in [-0.25, -0.2) is 4.98 Å². The maximum absolute atomic E-state index is 5.82. The van der Waals surface area contributed by atoms with Crippen LogP contribution in [-0.4, -0.2) is 28.2 Å². The number of nitrogen functional groups attached to an aromatic ring is 1. The molecule has 5 nitrogen and oxygen atoms in total. The van der Waals surface area contributed by atoms with Gasteiger partial charge in [0.05, 0.1) is 6.10 Å². The normalized spacial score (nSPS) is 19.1. The fraction of sp³-hybridized carbons (Fsp3) is 0.786. The summed E-state index contributed by atoms with van der Waals surface area (Å²) >= 11 is 0. The number of hydrogen-bond acceptors (Lipinski definition) is 5. The first-order chi connectivity index (χ1) is 9.19. The van der Waals surface area contributed by atoms with E-state index in [1.807, 2.05) is 6.92 Å². The second-order valence-corrected chi connectivity index (χ2v) is 5.41. The van der Waals surface area contributed by atoms with Gasteiger partial charge in [0.25, 0.3) is 0 Å². The van der Waals surface area contributed by atoms with E-state index in [-0.39, 0.29) is 6.10 Å². The third-order valence-corrected chi connectivity index (χ3v) is 3.81. The quantitative estimate of drug-likeness (QED) is 0.846. The van der Waals surface area contributed by atoms with Crippen molar-refractivity contribution >= 4 is 5.95 Å². The lowest BCUT2D eigenvalue weighted by atomic mass is 9.99. The zero-order valence-electron chi connectivity index (χ0n) is 11.9. The summed E-state index contributed by atoms with van der Waals surface area (Å²) in [5.41, 5.74) is 5.82. The molecule has 0 aromatic carbocycles. The lowest BCUT2D eigenvalue weighted by Crippen LogP contribution is -2.16. The maximum atomic E-state index is 5.82. The van der Waals surface area contributed by atoms with Crippen molar-refractivity contribution in [1.82, 2.24) is 15.0 Å². The van der Waals surface area contributed by atoms with E-state index in [1.54, 1.807) is 7.11 Å². The molecule has 2 rings (SSSR count). The molecule has 1 heterocycles. The number of anilines is 1. The molecule has 1 aromatic heterocycles. The van der Waals surface area contributed by atoms with Crippen LogP contribution in [0.15, 0.2) is 0 Å². The van der Waals surface area contributed by atoms with Crippen molar-refractivity contribution in [2.75, 3.05) is 12.8 Å². The van der Waals surface area contributed by atoms with E-state index in [0.29, 0.717) is 18.3 Å². The molecular weight excluding hydrogens is 240 g/mol. The number of nitrogens with two attached hydrogens (primary N) is 1. The van der Waals surface area contributed by atoms with E-state index >= 15 is 0 Å². The zero-order valence-corrected chi connectivity index (χ0v) is 11.9. The maximum Gasteiger partial charge on any atom is 0.223 e. The zero-order chi connectivity index (χ0) is 13.7. The molecule has 1 aromatic rings. The van der Waals surface area contributed by atoms with Crippen molar-refractivity contribution in [3.8, 4) is 0 Å². The number of methoxy groups -OCH3 is 1. The molecule has 1 unspecified atom stereocenters. The molecule has 0 amide bonds. The molecule has 19 heavy (non-hydrogen) atoms. The number of rotatable bonds is 4. The van der Waals surface area contributed by atoms with Gasteiger partial charge < -0.3 is 10.5 Å². The standard InChI is InChI=1S/C14H24N4O/c1-10(19-2)9-12-16-13(18-14(15)17-12)11-7-5-3-4-6-8-11/h10-11H,3-9H2,1-2H3,(H2,15,16,17,18). The summed E-state index contributed by atoms with van der Waals surface area (Å²) in [7, 11) is 1.70. The van der Waals surface area contributed by atoms with Crippen LogP contribution in [0.25, 0.3) is 0 Å². The van der Waals surface area contributed by atoms with Crippen molar-refractivity contribution in [2.45, 2.75) is 63.9 Å². The second kappa shape index (κ2) is 6.80. The minimum Gasteiger partial charge on any atom is -0.381 e. The summed E-state index contributed by atoms with van der Waals surface area (Å²) in [6.45, 7) is 2.01. The molecule has 1 aliphatic rings. The van der Waals surface area contributed by atoms with E-state index in [2.05, 4.69) is 15.0 Å². The van der Waals surface area contributed by atoms with Crippen molar-refractivity contribution < 1.29 is 4.74 Å². The van der Waals surface area contributed by atoms with E-state index in [9.17, 15) is 0 Å². The van der Waals surface area contributed by atoms with Crippen LogP contribution in [0.2, 0.25) is 0 Å². The van der Waals surface area contributed by atoms with Crippen LogP contribution < -0.4 is 5.73 Å². The molecule has 106 valence electrons. The molecule has 1 atom stereocenters. The van der Waals surface area contributed by atoms with Crippen LogP contribution >= 0.6 is 0 Å². The third kappa shape index (κ3) is 4.13. The minimum absolute atomic E-state index is 0.101. The van der Waals surface area contributed by atoms with Crippen molar-refractivity contribution in [3.63, 3.8) is 0 Å². The van der Waals surface area contributed by atoms with Gasteiger partial charge in [0, 0.05) is 19.4 Å². The molecule has 0 aliphatic heterocycles. The fourth-order valence-electron chi connectivity index (χ4n) is 2.61. The first-order valence-corrected chi connectivity index (χ1v) is 7.22. The fourth-order valence-corrected chi connectivity index (χ4v) is 2.61. The highest BCUT2D eigenvalue weighted by Gasteiger charge is 2.19. The number of ether oxygens (including phenoxy) is 1. The van der Waals surface area contributed by atoms with Crippen molar-refractivity contribution in [3.05, 3.63) is 11.6 Å². The van der Waals surface area contributed by atoms with Gasteiger partial charge in [-0.2, -0.15) is 9.97 Å². The molecule has 0 spiro atoms. The highest BCUT2D eigenvalue weighted by molar-refractivity contribution is 5.18. The molecule has 0 saturated heterocycles. The van der Waals surface area contributed by atoms with E-state index < -0.39 is 0 Å². The summed E-state index contributed by atoms with van der Waals surface area (Å²) in [6.07, 6.45) is 8.30. The number of nitrogens with zero attached hydrogens (tertiary/aromatic N) is 3. The Hall–Kier alpha value is -1.23. The van der Waals surface area contributed by atoms with Gasteiger partial charge in [0.15, 0.2) is 0 Å². The van der Waals surface area contributed by atoms with E-state index in [4.69, 9.17) is 10.5 Å². The Labute approximate surface area is 115 Å². The smallest absolute Gasteiger partial charge is 0.223 e. The summed E-state index contributed by atoms with van der Waals surface area (Å²) in [5.74, 6) is 2.42. The molecular formula is C14H24N4O. The average molecular weight is 264 g/mol. The lowest BCUT2D eigenvalue weighted by Gasteiger charge is -2.14. The molecule has 2 N–H and O–H groups in total. The highest BCUT2D eigenvalue weighted by atomic mass is 16.5. The molecule has 1 saturated carbocycles. The van der Waals surface area contributed by atoms with Crippen LogP contribution in [0.5, 0.6) is 0 Å². The largest absolute Gasteiger partial charge is 0.381 e. The summed E-state index contributed by atoms with van der Waals surface area (Å²) in [6, 6.07) is 0. The minimum atomic E-state index is 0.101. The second-order valence-electron chi connectivity index (χ2n) is 5.41. The molecule has 0 radical (unpaired) electrons. The van der Waals surface area contributed by atoms with Crippen molar-refractivity contribution in [2.24, 2.45) is 0 Å². The predicted molar refractivity (Wildman–Crippen MR) is 74.9 cm³/mol. The Morgan fingerprint density at radius 1 is 1.16 bits per heavy atom. The van der Waals surface area contributed by atoms with Gasteiger partial charge in [-0.3, -0.25) is 0 Å². The molecule has 1 aliphatic carbocycles. The molecule has 5 heteroatoms. The average Bonchev–Trinajstić information content (AvgIpc) is 2.66. The molecule has 0 bridgehead atoms. The first kappa shape index (κ1) is 14.2. The van der Waals surface area contributed by atoms with E-state index in [1.165, 1.54) is 38.5 Å². The Kier molecular flexibility index (Phi) is 5.07. The van der Waals surface area contributed by atoms with Crippen LogP contribution in [0.3, 0.4) is 0 Å². The van der Waals surface area contributed by atoms with Gasteiger partial charge in [-0.1, -0.05) is 25.7 Å². The number of hydrogen-bond donors (Lipinski definition) is 1. The highest BCUT2D eigenvalue weighted by Crippen LogP contribution is 2.29.